The molecule has 1 saturated heterocycles. The van der Waals surface area contributed by atoms with E-state index in [1.54, 1.807) is 31.2 Å². The number of carbonyl (C=O) groups excluding carboxylic acids is 3. The van der Waals surface area contributed by atoms with E-state index < -0.39 is 23.4 Å². The van der Waals surface area contributed by atoms with E-state index in [0.29, 0.717) is 5.69 Å². The fourth-order valence-electron chi connectivity index (χ4n) is 4.06. The lowest BCUT2D eigenvalue weighted by molar-refractivity contribution is -0.133. The first-order valence-electron chi connectivity index (χ1n) is 9.93. The van der Waals surface area contributed by atoms with Crippen LogP contribution in [0, 0.1) is 11.3 Å². The predicted molar refractivity (Wildman–Crippen MR) is 110 cm³/mol. The van der Waals surface area contributed by atoms with Crippen LogP contribution in [0.3, 0.4) is 0 Å². The number of hydrogen-bond acceptors (Lipinski definition) is 4. The summed E-state index contributed by atoms with van der Waals surface area (Å²) in [5.41, 5.74) is 3.43. The molecule has 1 fully saturated rings. The van der Waals surface area contributed by atoms with Crippen molar-refractivity contribution in [3.63, 3.8) is 0 Å². The molecule has 2 aliphatic rings. The first-order valence-corrected chi connectivity index (χ1v) is 9.93. The molecule has 1 heterocycles. The Labute approximate surface area is 174 Å². The van der Waals surface area contributed by atoms with Crippen molar-refractivity contribution in [2.75, 3.05) is 11.9 Å². The third kappa shape index (κ3) is 3.52. The summed E-state index contributed by atoms with van der Waals surface area (Å²) in [5, 5.41) is 14.2. The normalized spacial score (nSPS) is 19.9. The van der Waals surface area contributed by atoms with E-state index in [-0.39, 0.29) is 13.0 Å². The largest absolute Gasteiger partial charge is 0.325 e. The van der Waals surface area contributed by atoms with E-state index in [1.165, 1.54) is 11.1 Å². The molecule has 0 aromatic heterocycles. The second-order valence-corrected chi connectivity index (χ2v) is 7.86. The molecule has 1 aliphatic heterocycles. The van der Waals surface area contributed by atoms with Crippen molar-refractivity contribution in [1.82, 2.24) is 10.2 Å². The Morgan fingerprint density at radius 2 is 1.90 bits per heavy atom. The van der Waals surface area contributed by atoms with Crippen LogP contribution in [0.1, 0.15) is 35.6 Å². The van der Waals surface area contributed by atoms with Crippen molar-refractivity contribution in [3.8, 4) is 6.07 Å². The van der Waals surface area contributed by atoms with Crippen molar-refractivity contribution in [2.24, 2.45) is 0 Å². The number of amides is 4. The minimum atomic E-state index is -1.19. The Balaban J connectivity index is 1.46. The average Bonchev–Trinajstić information content (AvgIpc) is 3.28. The Morgan fingerprint density at radius 1 is 1.17 bits per heavy atom. The van der Waals surface area contributed by atoms with Crippen LogP contribution in [0.5, 0.6) is 0 Å². The number of rotatable bonds is 5. The van der Waals surface area contributed by atoms with Crippen molar-refractivity contribution in [1.29, 1.82) is 5.26 Å². The molecule has 7 nitrogen and oxygen atoms in total. The van der Waals surface area contributed by atoms with Gasteiger partial charge in [0.05, 0.1) is 12.5 Å². The van der Waals surface area contributed by atoms with Crippen LogP contribution in [-0.4, -0.2) is 29.3 Å². The van der Waals surface area contributed by atoms with Gasteiger partial charge in [-0.1, -0.05) is 30.3 Å². The maximum atomic E-state index is 13.1. The highest BCUT2D eigenvalue weighted by Crippen LogP contribution is 2.32. The molecule has 0 saturated carbocycles. The third-order valence-corrected chi connectivity index (χ3v) is 5.77. The topological polar surface area (TPSA) is 102 Å². The van der Waals surface area contributed by atoms with Crippen LogP contribution in [-0.2, 0) is 34.4 Å². The molecule has 2 aromatic carbocycles. The Bertz CT molecular complexity index is 1070. The lowest BCUT2D eigenvalue weighted by atomic mass is 9.89. The molecule has 1 atom stereocenters. The number of nitrogens with zero attached hydrogens (tertiary/aromatic N) is 2. The fourth-order valence-corrected chi connectivity index (χ4v) is 4.06. The summed E-state index contributed by atoms with van der Waals surface area (Å²) >= 11 is 0. The number of anilines is 1. The smallest absolute Gasteiger partial charge is 0.325 e. The van der Waals surface area contributed by atoms with Gasteiger partial charge in [0.1, 0.15) is 12.1 Å². The molecule has 4 rings (SSSR count). The first-order chi connectivity index (χ1) is 14.4. The van der Waals surface area contributed by atoms with Gasteiger partial charge in [0.2, 0.25) is 5.91 Å². The maximum Gasteiger partial charge on any atom is 0.325 e. The van der Waals surface area contributed by atoms with Gasteiger partial charge in [-0.15, -0.1) is 0 Å². The molecule has 152 valence electrons. The van der Waals surface area contributed by atoms with Crippen molar-refractivity contribution in [2.45, 2.75) is 38.1 Å². The molecular formula is C23H22N4O3. The van der Waals surface area contributed by atoms with Gasteiger partial charge in [0.15, 0.2) is 0 Å². The van der Waals surface area contributed by atoms with E-state index in [0.717, 1.165) is 35.3 Å². The van der Waals surface area contributed by atoms with E-state index in [2.05, 4.69) is 16.7 Å². The van der Waals surface area contributed by atoms with Crippen molar-refractivity contribution < 1.29 is 14.4 Å². The van der Waals surface area contributed by atoms with Crippen LogP contribution in [0.4, 0.5) is 10.5 Å². The standard InChI is InChI=1S/C23H22N4O3/c1-23(18-8-7-16-3-2-4-17(16)13-18)21(29)27(22(30)26-23)14-20(28)25-19-9-5-15(6-10-19)11-12-24/h5-10,13H,2-4,11,14H2,1H3,(H,25,28)(H,26,30)/t23-/m1/s1. The summed E-state index contributed by atoms with van der Waals surface area (Å²) in [4.78, 5) is 39.0. The van der Waals surface area contributed by atoms with Crippen LogP contribution in [0.25, 0.3) is 0 Å². The predicted octanol–water partition coefficient (Wildman–Crippen LogP) is 2.65. The van der Waals surface area contributed by atoms with Gasteiger partial charge in [-0.2, -0.15) is 5.26 Å². The molecule has 2 aromatic rings. The summed E-state index contributed by atoms with van der Waals surface area (Å²) in [6.07, 6.45) is 3.40. The zero-order valence-electron chi connectivity index (χ0n) is 16.7. The number of aryl methyl sites for hydroxylation is 2. The van der Waals surface area contributed by atoms with E-state index in [1.807, 2.05) is 18.2 Å². The van der Waals surface area contributed by atoms with Gasteiger partial charge in [-0.3, -0.25) is 14.5 Å². The highest BCUT2D eigenvalue weighted by molar-refractivity contribution is 6.10. The average molecular weight is 402 g/mol. The summed E-state index contributed by atoms with van der Waals surface area (Å²) in [7, 11) is 0. The van der Waals surface area contributed by atoms with Crippen molar-refractivity contribution in [3.05, 3.63) is 64.7 Å². The molecular weight excluding hydrogens is 380 g/mol. The number of imide groups is 1. The van der Waals surface area contributed by atoms with Gasteiger partial charge in [-0.25, -0.2) is 4.79 Å². The monoisotopic (exact) mass is 402 g/mol. The zero-order chi connectivity index (χ0) is 21.3. The number of hydrogen-bond donors (Lipinski definition) is 2. The molecule has 30 heavy (non-hydrogen) atoms. The SMILES string of the molecule is C[C@]1(c2ccc3c(c2)CCC3)NC(=O)N(CC(=O)Nc2ccc(CC#N)cc2)C1=O. The Hall–Kier alpha value is -3.66. The van der Waals surface area contributed by atoms with Gasteiger partial charge < -0.3 is 10.6 Å². The van der Waals surface area contributed by atoms with Crippen molar-refractivity contribution >= 4 is 23.5 Å². The number of carbonyl (C=O) groups is 3. The lowest BCUT2D eigenvalue weighted by Gasteiger charge is -2.23. The number of nitrogens with one attached hydrogen (secondary N) is 2. The first kappa shape index (κ1) is 19.6. The molecule has 0 bridgehead atoms. The second-order valence-electron chi connectivity index (χ2n) is 7.86. The van der Waals surface area contributed by atoms with E-state index in [9.17, 15) is 14.4 Å². The molecule has 0 unspecified atom stereocenters. The summed E-state index contributed by atoms with van der Waals surface area (Å²) in [6.45, 7) is 1.31. The van der Waals surface area contributed by atoms with Gasteiger partial charge in [0, 0.05) is 5.69 Å². The van der Waals surface area contributed by atoms with Crippen LogP contribution in [0.2, 0.25) is 0 Å². The number of benzene rings is 2. The highest BCUT2D eigenvalue weighted by Gasteiger charge is 2.49. The van der Waals surface area contributed by atoms with E-state index >= 15 is 0 Å². The highest BCUT2D eigenvalue weighted by atomic mass is 16.2. The third-order valence-electron chi connectivity index (χ3n) is 5.77. The van der Waals surface area contributed by atoms with Gasteiger partial charge in [0.25, 0.3) is 5.91 Å². The minimum Gasteiger partial charge on any atom is -0.325 e. The Kier molecular flexibility index (Phi) is 5.00. The molecule has 0 radical (unpaired) electrons. The minimum absolute atomic E-state index is 0.290. The zero-order valence-corrected chi connectivity index (χ0v) is 16.7. The molecule has 7 heteroatoms. The quantitative estimate of drug-likeness (QED) is 0.751. The van der Waals surface area contributed by atoms with Crippen LogP contribution in [0.15, 0.2) is 42.5 Å². The number of urea groups is 1. The second kappa shape index (κ2) is 7.64. The summed E-state index contributed by atoms with van der Waals surface area (Å²) in [5.74, 6) is -0.908. The van der Waals surface area contributed by atoms with Gasteiger partial charge >= 0.3 is 6.03 Å². The number of nitriles is 1. The Morgan fingerprint density at radius 3 is 2.63 bits per heavy atom. The molecule has 4 amide bonds. The molecule has 0 spiro atoms. The summed E-state index contributed by atoms with van der Waals surface area (Å²) in [6, 6.07) is 14.2. The maximum absolute atomic E-state index is 13.1. The fraction of sp³-hybridized carbons (Fsp3) is 0.304. The van der Waals surface area contributed by atoms with Crippen LogP contribution >= 0.6 is 0 Å². The lowest BCUT2D eigenvalue weighted by Crippen LogP contribution is -2.42. The molecule has 2 N–H and O–H groups in total. The van der Waals surface area contributed by atoms with E-state index in [4.69, 9.17) is 5.26 Å². The van der Waals surface area contributed by atoms with Crippen LogP contribution < -0.4 is 10.6 Å². The van der Waals surface area contributed by atoms with Gasteiger partial charge in [-0.05, 0) is 60.6 Å². The summed E-state index contributed by atoms with van der Waals surface area (Å²) < 4.78 is 0. The number of fused-ring (bicyclic) bond motifs is 1. The molecule has 1 aliphatic carbocycles.